The van der Waals surface area contributed by atoms with E-state index in [1.807, 2.05) is 6.07 Å². The Kier molecular flexibility index (Phi) is 3.91. The summed E-state index contributed by atoms with van der Waals surface area (Å²) in [6.45, 7) is 1.20. The van der Waals surface area contributed by atoms with E-state index >= 15 is 0 Å². The van der Waals surface area contributed by atoms with Gasteiger partial charge in [-0.2, -0.15) is 18.4 Å². The number of halogens is 3. The smallest absolute Gasteiger partial charge is 0.302 e. The summed E-state index contributed by atoms with van der Waals surface area (Å²) in [6.07, 6.45) is -4.23. The number of rotatable bonds is 3. The predicted molar refractivity (Wildman–Crippen MR) is 53.5 cm³/mol. The van der Waals surface area contributed by atoms with Crippen molar-refractivity contribution < 1.29 is 13.2 Å². The van der Waals surface area contributed by atoms with Crippen molar-refractivity contribution in [1.82, 2.24) is 5.32 Å². The van der Waals surface area contributed by atoms with Crippen LogP contribution < -0.4 is 5.32 Å². The molecule has 86 valence electrons. The Morgan fingerprint density at radius 1 is 1.31 bits per heavy atom. The largest absolute Gasteiger partial charge is 0.403 e. The lowest BCUT2D eigenvalue weighted by molar-refractivity contribution is -0.151. The Bertz CT molecular complexity index is 376. The molecule has 1 N–H and O–H groups in total. The lowest BCUT2D eigenvalue weighted by Gasteiger charge is -2.17. The number of benzene rings is 1. The maximum atomic E-state index is 12.2. The van der Waals surface area contributed by atoms with E-state index in [0.29, 0.717) is 5.56 Å². The van der Waals surface area contributed by atoms with E-state index < -0.39 is 12.2 Å². The van der Waals surface area contributed by atoms with Crippen molar-refractivity contribution in [1.29, 1.82) is 5.26 Å². The van der Waals surface area contributed by atoms with E-state index in [0.717, 1.165) is 12.5 Å². The number of nitrogens with zero attached hydrogens (tertiary/aromatic N) is 1. The molecule has 0 aromatic heterocycles. The molecule has 0 radical (unpaired) electrons. The molecular weight excluding hydrogens is 217 g/mol. The van der Waals surface area contributed by atoms with Crippen LogP contribution in [0.4, 0.5) is 13.2 Å². The minimum absolute atomic E-state index is 0.131. The summed E-state index contributed by atoms with van der Waals surface area (Å²) >= 11 is 0. The molecule has 0 amide bonds. The first-order valence-corrected chi connectivity index (χ1v) is 4.72. The number of alkyl halides is 3. The molecule has 0 aliphatic carbocycles. The molecule has 0 heterocycles. The van der Waals surface area contributed by atoms with Crippen LogP contribution >= 0.6 is 0 Å². The van der Waals surface area contributed by atoms with Crippen molar-refractivity contribution in [2.75, 3.05) is 0 Å². The van der Waals surface area contributed by atoms with E-state index in [1.54, 1.807) is 24.3 Å². The molecule has 1 atom stereocenters. The number of nitrogens with one attached hydrogen (secondary N) is 1. The van der Waals surface area contributed by atoms with E-state index in [1.165, 1.54) is 0 Å². The van der Waals surface area contributed by atoms with Crippen LogP contribution in [-0.2, 0) is 6.54 Å². The van der Waals surface area contributed by atoms with E-state index in [9.17, 15) is 13.2 Å². The minimum atomic E-state index is -4.23. The van der Waals surface area contributed by atoms with E-state index in [2.05, 4.69) is 5.32 Å². The zero-order valence-corrected chi connectivity index (χ0v) is 8.67. The van der Waals surface area contributed by atoms with Gasteiger partial charge in [0.1, 0.15) is 6.04 Å². The molecule has 0 spiro atoms. The minimum Gasteiger partial charge on any atom is -0.302 e. The molecular formula is C11H11F3N2. The standard InChI is InChI=1S/C11H11F3N2/c1-8(11(12,13)14)16-7-10-4-2-9(6-15)3-5-10/h2-5,8,16H,7H2,1H3. The third-order valence-corrected chi connectivity index (χ3v) is 2.19. The summed E-state index contributed by atoms with van der Waals surface area (Å²) in [5.74, 6) is 0. The summed E-state index contributed by atoms with van der Waals surface area (Å²) in [6, 6.07) is 6.83. The molecule has 0 aliphatic heterocycles. The molecule has 2 nitrogen and oxygen atoms in total. The highest BCUT2D eigenvalue weighted by molar-refractivity contribution is 5.31. The van der Waals surface area contributed by atoms with Crippen LogP contribution in [0.25, 0.3) is 0 Å². The molecule has 0 saturated carbocycles. The Balaban J connectivity index is 2.53. The Hall–Kier alpha value is -1.54. The second kappa shape index (κ2) is 4.99. The Morgan fingerprint density at radius 2 is 1.88 bits per heavy atom. The van der Waals surface area contributed by atoms with Gasteiger partial charge in [-0.05, 0) is 24.6 Å². The van der Waals surface area contributed by atoms with Crippen molar-refractivity contribution in [3.8, 4) is 6.07 Å². The molecule has 1 aromatic carbocycles. The van der Waals surface area contributed by atoms with Gasteiger partial charge in [-0.1, -0.05) is 12.1 Å². The molecule has 5 heteroatoms. The SMILES string of the molecule is CC(NCc1ccc(C#N)cc1)C(F)(F)F. The topological polar surface area (TPSA) is 35.8 Å². The summed E-state index contributed by atoms with van der Waals surface area (Å²) in [7, 11) is 0. The highest BCUT2D eigenvalue weighted by atomic mass is 19.4. The van der Waals surface area contributed by atoms with Gasteiger partial charge >= 0.3 is 6.18 Å². The normalized spacial score (nSPS) is 13.2. The molecule has 1 aromatic rings. The first-order valence-electron chi connectivity index (χ1n) is 4.72. The van der Waals surface area contributed by atoms with Crippen molar-refractivity contribution in [2.24, 2.45) is 0 Å². The summed E-state index contributed by atoms with van der Waals surface area (Å²) in [5, 5.41) is 10.9. The molecule has 0 bridgehead atoms. The van der Waals surface area contributed by atoms with Gasteiger partial charge in [0.2, 0.25) is 0 Å². The molecule has 0 saturated heterocycles. The van der Waals surface area contributed by atoms with Gasteiger partial charge in [0, 0.05) is 6.54 Å². The third kappa shape index (κ3) is 3.55. The van der Waals surface area contributed by atoms with Crippen LogP contribution in [0, 0.1) is 11.3 Å². The van der Waals surface area contributed by atoms with Crippen molar-refractivity contribution in [2.45, 2.75) is 25.7 Å². The molecule has 0 fully saturated rings. The average molecular weight is 228 g/mol. The number of nitriles is 1. The summed E-state index contributed by atoms with van der Waals surface area (Å²) < 4.78 is 36.5. The second-order valence-electron chi connectivity index (χ2n) is 3.45. The first-order chi connectivity index (χ1) is 7.43. The third-order valence-electron chi connectivity index (χ3n) is 2.19. The quantitative estimate of drug-likeness (QED) is 0.863. The van der Waals surface area contributed by atoms with Gasteiger partial charge < -0.3 is 5.32 Å². The Labute approximate surface area is 91.7 Å². The number of hydrogen-bond donors (Lipinski definition) is 1. The van der Waals surface area contributed by atoms with E-state index in [4.69, 9.17) is 5.26 Å². The first kappa shape index (κ1) is 12.5. The maximum Gasteiger partial charge on any atom is 0.403 e. The molecule has 0 aliphatic rings. The van der Waals surface area contributed by atoms with Crippen molar-refractivity contribution >= 4 is 0 Å². The lowest BCUT2D eigenvalue weighted by Crippen LogP contribution is -2.39. The van der Waals surface area contributed by atoms with Gasteiger partial charge in [0.25, 0.3) is 0 Å². The van der Waals surface area contributed by atoms with Gasteiger partial charge in [0.15, 0.2) is 0 Å². The monoisotopic (exact) mass is 228 g/mol. The van der Waals surface area contributed by atoms with Crippen LogP contribution in [0.1, 0.15) is 18.1 Å². The zero-order chi connectivity index (χ0) is 12.2. The van der Waals surface area contributed by atoms with Gasteiger partial charge in [0.05, 0.1) is 11.6 Å². The van der Waals surface area contributed by atoms with Crippen LogP contribution in [-0.4, -0.2) is 12.2 Å². The number of hydrogen-bond acceptors (Lipinski definition) is 2. The van der Waals surface area contributed by atoms with Crippen molar-refractivity contribution in [3.63, 3.8) is 0 Å². The fourth-order valence-corrected chi connectivity index (χ4v) is 1.08. The fraction of sp³-hybridized carbons (Fsp3) is 0.364. The van der Waals surface area contributed by atoms with Crippen LogP contribution in [0.15, 0.2) is 24.3 Å². The molecule has 16 heavy (non-hydrogen) atoms. The summed E-state index contributed by atoms with van der Waals surface area (Å²) in [4.78, 5) is 0. The fourth-order valence-electron chi connectivity index (χ4n) is 1.08. The van der Waals surface area contributed by atoms with Gasteiger partial charge in [-0.25, -0.2) is 0 Å². The van der Waals surface area contributed by atoms with Crippen molar-refractivity contribution in [3.05, 3.63) is 35.4 Å². The predicted octanol–water partition coefficient (Wildman–Crippen LogP) is 2.60. The summed E-state index contributed by atoms with van der Waals surface area (Å²) in [5.41, 5.74) is 1.21. The highest BCUT2D eigenvalue weighted by Gasteiger charge is 2.35. The second-order valence-corrected chi connectivity index (χ2v) is 3.45. The lowest BCUT2D eigenvalue weighted by atomic mass is 10.1. The molecule has 1 unspecified atom stereocenters. The highest BCUT2D eigenvalue weighted by Crippen LogP contribution is 2.19. The molecule has 1 rings (SSSR count). The van der Waals surface area contributed by atoms with Gasteiger partial charge in [-0.3, -0.25) is 0 Å². The average Bonchev–Trinajstić information content (AvgIpc) is 2.25. The van der Waals surface area contributed by atoms with Crippen LogP contribution in [0.3, 0.4) is 0 Å². The Morgan fingerprint density at radius 3 is 2.31 bits per heavy atom. The maximum absolute atomic E-state index is 12.2. The van der Waals surface area contributed by atoms with Gasteiger partial charge in [-0.15, -0.1) is 0 Å². The van der Waals surface area contributed by atoms with Crippen LogP contribution in [0.2, 0.25) is 0 Å². The van der Waals surface area contributed by atoms with E-state index in [-0.39, 0.29) is 6.54 Å². The van der Waals surface area contributed by atoms with Crippen LogP contribution in [0.5, 0.6) is 0 Å². The zero-order valence-electron chi connectivity index (χ0n) is 8.67.